The third-order valence-electron chi connectivity index (χ3n) is 3.44. The summed E-state index contributed by atoms with van der Waals surface area (Å²) in [5, 5.41) is 5.49. The number of nitrogens with one attached hydrogen (secondary N) is 1. The lowest BCUT2D eigenvalue weighted by Crippen LogP contribution is -2.40. The van der Waals surface area contributed by atoms with Crippen LogP contribution in [-0.4, -0.2) is 50.3 Å². The normalized spacial score (nSPS) is 19.3. The van der Waals surface area contributed by atoms with Gasteiger partial charge in [-0.2, -0.15) is 0 Å². The predicted octanol–water partition coefficient (Wildman–Crippen LogP) is 2.37. The molecule has 1 aromatic rings. The molecular formula is C15H25N3OS. The Kier molecular flexibility index (Phi) is 6.33. The number of thiophene rings is 1. The average Bonchev–Trinajstić information content (AvgIpc) is 3.13. The summed E-state index contributed by atoms with van der Waals surface area (Å²) in [4.78, 5) is 8.33. The molecule has 0 radical (unpaired) electrons. The van der Waals surface area contributed by atoms with Gasteiger partial charge >= 0.3 is 0 Å². The second kappa shape index (κ2) is 8.27. The molecule has 4 nitrogen and oxygen atoms in total. The first-order valence-electron chi connectivity index (χ1n) is 7.43. The molecule has 0 bridgehead atoms. The van der Waals surface area contributed by atoms with E-state index in [4.69, 9.17) is 9.73 Å². The minimum Gasteiger partial charge on any atom is -0.376 e. The first-order chi connectivity index (χ1) is 9.79. The summed E-state index contributed by atoms with van der Waals surface area (Å²) in [5.41, 5.74) is 0. The van der Waals surface area contributed by atoms with Crippen molar-refractivity contribution in [2.75, 3.05) is 33.3 Å². The summed E-state index contributed by atoms with van der Waals surface area (Å²) in [5.74, 6) is 0.986. The van der Waals surface area contributed by atoms with E-state index in [0.29, 0.717) is 6.10 Å². The van der Waals surface area contributed by atoms with E-state index in [1.54, 1.807) is 0 Å². The third kappa shape index (κ3) is 4.80. The van der Waals surface area contributed by atoms with Crippen LogP contribution in [-0.2, 0) is 11.2 Å². The molecule has 1 fully saturated rings. The standard InChI is InChI=1S/C15H25N3OS/c1-3-16-15(17-12-13-6-4-10-19-13)18(2)9-8-14-7-5-11-20-14/h5,7,11,13H,3-4,6,8-10,12H2,1-2H3,(H,16,17). The summed E-state index contributed by atoms with van der Waals surface area (Å²) >= 11 is 1.82. The average molecular weight is 295 g/mol. The Morgan fingerprint density at radius 3 is 3.15 bits per heavy atom. The molecular weight excluding hydrogens is 270 g/mol. The SMILES string of the molecule is CCNC(=NCC1CCCO1)N(C)CCc1cccs1. The van der Waals surface area contributed by atoms with Crippen LogP contribution in [0.15, 0.2) is 22.5 Å². The minimum atomic E-state index is 0.314. The number of guanidine groups is 1. The Balaban J connectivity index is 1.83. The highest BCUT2D eigenvalue weighted by Gasteiger charge is 2.15. The molecule has 5 heteroatoms. The van der Waals surface area contributed by atoms with Crippen molar-refractivity contribution in [2.45, 2.75) is 32.3 Å². The van der Waals surface area contributed by atoms with Gasteiger partial charge in [0, 0.05) is 31.6 Å². The zero-order valence-corrected chi connectivity index (χ0v) is 13.3. The van der Waals surface area contributed by atoms with Gasteiger partial charge in [-0.25, -0.2) is 0 Å². The first-order valence-corrected chi connectivity index (χ1v) is 8.31. The number of hydrogen-bond acceptors (Lipinski definition) is 3. The van der Waals surface area contributed by atoms with Crippen molar-refractivity contribution in [3.63, 3.8) is 0 Å². The molecule has 1 aliphatic rings. The first kappa shape index (κ1) is 15.3. The van der Waals surface area contributed by atoms with Crippen LogP contribution >= 0.6 is 11.3 Å². The minimum absolute atomic E-state index is 0.314. The topological polar surface area (TPSA) is 36.9 Å². The fourth-order valence-electron chi connectivity index (χ4n) is 2.28. The molecule has 0 saturated carbocycles. The Bertz CT molecular complexity index is 399. The van der Waals surface area contributed by atoms with Crippen LogP contribution in [0.1, 0.15) is 24.6 Å². The maximum atomic E-state index is 5.63. The van der Waals surface area contributed by atoms with Gasteiger partial charge in [-0.15, -0.1) is 11.3 Å². The van der Waals surface area contributed by atoms with Crippen LogP contribution in [0.2, 0.25) is 0 Å². The van der Waals surface area contributed by atoms with Crippen LogP contribution in [0.5, 0.6) is 0 Å². The molecule has 0 aromatic carbocycles. The van der Waals surface area contributed by atoms with Gasteiger partial charge in [0.15, 0.2) is 5.96 Å². The number of nitrogens with zero attached hydrogens (tertiary/aromatic N) is 2. The van der Waals surface area contributed by atoms with Gasteiger partial charge in [0.05, 0.1) is 12.6 Å². The van der Waals surface area contributed by atoms with E-state index in [2.05, 4.69) is 41.7 Å². The molecule has 2 rings (SSSR count). The van der Waals surface area contributed by atoms with Crippen molar-refractivity contribution in [1.29, 1.82) is 0 Å². The lowest BCUT2D eigenvalue weighted by molar-refractivity contribution is 0.117. The van der Waals surface area contributed by atoms with Crippen LogP contribution in [0.3, 0.4) is 0 Å². The van der Waals surface area contributed by atoms with E-state index >= 15 is 0 Å². The number of likely N-dealkylation sites (N-methyl/N-ethyl adjacent to an activating group) is 1. The van der Waals surface area contributed by atoms with E-state index in [1.807, 2.05) is 11.3 Å². The van der Waals surface area contributed by atoms with E-state index in [-0.39, 0.29) is 0 Å². The maximum Gasteiger partial charge on any atom is 0.193 e. The van der Waals surface area contributed by atoms with Gasteiger partial charge in [-0.1, -0.05) is 6.07 Å². The summed E-state index contributed by atoms with van der Waals surface area (Å²) in [6.45, 7) is 5.65. The Hall–Kier alpha value is -1.07. The third-order valence-corrected chi connectivity index (χ3v) is 4.38. The quantitative estimate of drug-likeness (QED) is 0.646. The predicted molar refractivity (Wildman–Crippen MR) is 85.6 cm³/mol. The summed E-state index contributed by atoms with van der Waals surface area (Å²) in [6, 6.07) is 4.30. The second-order valence-corrected chi connectivity index (χ2v) is 6.11. The van der Waals surface area contributed by atoms with E-state index in [1.165, 1.54) is 11.3 Å². The van der Waals surface area contributed by atoms with Gasteiger partial charge in [-0.05, 0) is 37.6 Å². The molecule has 1 aliphatic heterocycles. The summed E-state index contributed by atoms with van der Waals surface area (Å²) in [7, 11) is 2.10. The van der Waals surface area contributed by atoms with E-state index in [9.17, 15) is 0 Å². The van der Waals surface area contributed by atoms with Gasteiger partial charge in [-0.3, -0.25) is 4.99 Å². The molecule has 2 heterocycles. The number of rotatable bonds is 6. The van der Waals surface area contributed by atoms with Crippen LogP contribution in [0.4, 0.5) is 0 Å². The van der Waals surface area contributed by atoms with Crippen molar-refractivity contribution in [3.8, 4) is 0 Å². The molecule has 0 amide bonds. The molecule has 1 N–H and O–H groups in total. The van der Waals surface area contributed by atoms with Gasteiger partial charge in [0.25, 0.3) is 0 Å². The molecule has 112 valence electrons. The van der Waals surface area contributed by atoms with Crippen LogP contribution in [0.25, 0.3) is 0 Å². The molecule has 0 aliphatic carbocycles. The smallest absolute Gasteiger partial charge is 0.193 e. The molecule has 0 spiro atoms. The lowest BCUT2D eigenvalue weighted by atomic mass is 10.2. The molecule has 1 unspecified atom stereocenters. The zero-order valence-electron chi connectivity index (χ0n) is 12.5. The lowest BCUT2D eigenvalue weighted by Gasteiger charge is -2.22. The van der Waals surface area contributed by atoms with Gasteiger partial charge in [0.2, 0.25) is 0 Å². The number of hydrogen-bond donors (Lipinski definition) is 1. The Morgan fingerprint density at radius 2 is 2.50 bits per heavy atom. The number of ether oxygens (including phenoxy) is 1. The van der Waals surface area contributed by atoms with Gasteiger partial charge < -0.3 is 15.0 Å². The fourth-order valence-corrected chi connectivity index (χ4v) is 2.98. The largest absolute Gasteiger partial charge is 0.376 e. The molecule has 1 aromatic heterocycles. The van der Waals surface area contributed by atoms with Crippen molar-refractivity contribution < 1.29 is 4.74 Å². The van der Waals surface area contributed by atoms with E-state index < -0.39 is 0 Å². The van der Waals surface area contributed by atoms with Crippen molar-refractivity contribution in [3.05, 3.63) is 22.4 Å². The zero-order chi connectivity index (χ0) is 14.2. The highest BCUT2D eigenvalue weighted by molar-refractivity contribution is 7.09. The van der Waals surface area contributed by atoms with E-state index in [0.717, 1.165) is 45.0 Å². The number of aliphatic imine (C=N–C) groups is 1. The monoisotopic (exact) mass is 295 g/mol. The summed E-state index contributed by atoms with van der Waals surface area (Å²) < 4.78 is 5.63. The Morgan fingerprint density at radius 1 is 1.60 bits per heavy atom. The van der Waals surface area contributed by atoms with Crippen LogP contribution < -0.4 is 5.32 Å². The molecule has 20 heavy (non-hydrogen) atoms. The van der Waals surface area contributed by atoms with Gasteiger partial charge in [0.1, 0.15) is 0 Å². The highest BCUT2D eigenvalue weighted by Crippen LogP contribution is 2.12. The highest BCUT2D eigenvalue weighted by atomic mass is 32.1. The van der Waals surface area contributed by atoms with Crippen molar-refractivity contribution >= 4 is 17.3 Å². The molecule has 1 saturated heterocycles. The summed E-state index contributed by atoms with van der Waals surface area (Å²) in [6.07, 6.45) is 3.69. The fraction of sp³-hybridized carbons (Fsp3) is 0.667. The van der Waals surface area contributed by atoms with Crippen molar-refractivity contribution in [1.82, 2.24) is 10.2 Å². The second-order valence-electron chi connectivity index (χ2n) is 5.08. The maximum absolute atomic E-state index is 5.63. The van der Waals surface area contributed by atoms with Crippen molar-refractivity contribution in [2.24, 2.45) is 4.99 Å². The van der Waals surface area contributed by atoms with Crippen LogP contribution in [0, 0.1) is 0 Å². The molecule has 1 atom stereocenters. The Labute approximate surface area is 125 Å².